The molecule has 2 saturated heterocycles. The zero-order valence-corrected chi connectivity index (χ0v) is 28.5. The van der Waals surface area contributed by atoms with Crippen LogP contribution in [0.15, 0.2) is 90.5 Å². The highest BCUT2D eigenvalue weighted by Crippen LogP contribution is 2.30. The van der Waals surface area contributed by atoms with Crippen LogP contribution in [-0.4, -0.2) is 69.0 Å². The summed E-state index contributed by atoms with van der Waals surface area (Å²) in [7, 11) is 3.51. The largest absolute Gasteiger partial charge is 0.497 e. The minimum atomic E-state index is -0.542. The Labute approximate surface area is 285 Å². The van der Waals surface area contributed by atoms with E-state index in [4.69, 9.17) is 9.47 Å². The summed E-state index contributed by atoms with van der Waals surface area (Å²) in [6.45, 7) is 8.58. The number of anilines is 2. The summed E-state index contributed by atoms with van der Waals surface area (Å²) in [6.07, 6.45) is 7.21. The normalized spacial score (nSPS) is 16.3. The molecule has 2 aromatic heterocycles. The Balaban J connectivity index is 0.000000200. The summed E-state index contributed by atoms with van der Waals surface area (Å²) in [6, 6.07) is 20.1. The number of piperazine rings is 1. The molecule has 260 valence electrons. The summed E-state index contributed by atoms with van der Waals surface area (Å²) in [5.74, 6) is -0.169. The molecule has 13 heteroatoms. The summed E-state index contributed by atoms with van der Waals surface area (Å²) >= 11 is 0. The molecule has 0 spiro atoms. The summed E-state index contributed by atoms with van der Waals surface area (Å²) in [5, 5.41) is 7.99. The maximum atomic E-state index is 13.2. The second-order valence-electron chi connectivity index (χ2n) is 11.9. The maximum absolute atomic E-state index is 13.2. The molecule has 0 radical (unpaired) electrons. The van der Waals surface area contributed by atoms with Crippen molar-refractivity contribution in [3.8, 4) is 11.4 Å². The van der Waals surface area contributed by atoms with E-state index < -0.39 is 11.6 Å². The second kappa shape index (κ2) is 16.9. The summed E-state index contributed by atoms with van der Waals surface area (Å²) < 4.78 is 41.1. The zero-order chi connectivity index (χ0) is 34.8. The molecular weight excluding hydrogens is 630 g/mol. The van der Waals surface area contributed by atoms with Crippen molar-refractivity contribution >= 4 is 11.4 Å². The van der Waals surface area contributed by atoms with Gasteiger partial charge in [-0.15, -0.1) is 0 Å². The number of hydrogen-bond donors (Lipinski definition) is 0. The van der Waals surface area contributed by atoms with Gasteiger partial charge in [0.15, 0.2) is 0 Å². The summed E-state index contributed by atoms with van der Waals surface area (Å²) in [4.78, 5) is 21.1. The van der Waals surface area contributed by atoms with Crippen molar-refractivity contribution < 1.29 is 18.3 Å². The van der Waals surface area contributed by atoms with Crippen molar-refractivity contribution in [3.63, 3.8) is 0 Å². The molecular formula is C36H44F2N8O3. The Morgan fingerprint density at radius 2 is 1.53 bits per heavy atom. The van der Waals surface area contributed by atoms with Crippen LogP contribution < -0.4 is 20.2 Å². The first-order chi connectivity index (χ1) is 23.8. The molecule has 4 heterocycles. The van der Waals surface area contributed by atoms with Gasteiger partial charge in [0.25, 0.3) is 0 Å². The Morgan fingerprint density at radius 1 is 0.898 bits per heavy atom. The standard InChI is InChI=1S/C23H29N5O2.C10H10F2O.C3H5N3/c1-4-18(2)28-23(29)27(17-24-28)21-7-5-19(6-8-21)25-13-15-26(16-14-25)20-9-11-22(30-3)12-10-20;11-7-3-4-8(9(12)6-7)10-2-1-5-13-10;1-6-3-4-2-5-6/h5-12,17-18H,4,13-16H2,1-3H3;3-4,6,10H,1-2,5H2;2-3H,1H3/t;10-;/m.1./s1. The highest BCUT2D eigenvalue weighted by Gasteiger charge is 2.21. The number of hydrogen-bond acceptors (Lipinski definition) is 8. The first kappa shape index (κ1) is 35.3. The molecule has 0 aliphatic carbocycles. The van der Waals surface area contributed by atoms with Crippen molar-refractivity contribution in [3.05, 3.63) is 113 Å². The van der Waals surface area contributed by atoms with Crippen LogP contribution in [0.4, 0.5) is 20.2 Å². The summed E-state index contributed by atoms with van der Waals surface area (Å²) in [5.41, 5.74) is 3.62. The van der Waals surface area contributed by atoms with Crippen LogP contribution in [0.5, 0.6) is 5.75 Å². The molecule has 0 bridgehead atoms. The topological polar surface area (TPSA) is 95.5 Å². The number of rotatable bonds is 7. The fourth-order valence-corrected chi connectivity index (χ4v) is 5.66. The number of halogens is 2. The average Bonchev–Trinajstić information content (AvgIpc) is 3.92. The molecule has 11 nitrogen and oxygen atoms in total. The van der Waals surface area contributed by atoms with E-state index in [1.54, 1.807) is 33.7 Å². The van der Waals surface area contributed by atoms with Crippen molar-refractivity contribution in [2.24, 2.45) is 7.05 Å². The van der Waals surface area contributed by atoms with Gasteiger partial charge in [0.1, 0.15) is 36.4 Å². The lowest BCUT2D eigenvalue weighted by Gasteiger charge is -2.37. The number of aryl methyl sites for hydroxylation is 1. The van der Waals surface area contributed by atoms with Crippen molar-refractivity contribution in [1.82, 2.24) is 29.1 Å². The number of methoxy groups -OCH3 is 1. The third-order valence-electron chi connectivity index (χ3n) is 8.69. The van der Waals surface area contributed by atoms with Gasteiger partial charge in [0.2, 0.25) is 0 Å². The average molecular weight is 675 g/mol. The molecule has 3 aromatic carbocycles. The zero-order valence-electron chi connectivity index (χ0n) is 28.5. The van der Waals surface area contributed by atoms with E-state index in [2.05, 4.69) is 56.2 Å². The molecule has 2 fully saturated rings. The molecule has 2 atom stereocenters. The molecule has 0 amide bonds. The Bertz CT molecular complexity index is 1780. The number of ether oxygens (including phenoxy) is 2. The quantitative estimate of drug-likeness (QED) is 0.209. The van der Waals surface area contributed by atoms with E-state index in [0.717, 1.165) is 62.9 Å². The van der Waals surface area contributed by atoms with Gasteiger partial charge in [-0.05, 0) is 80.8 Å². The third-order valence-corrected chi connectivity index (χ3v) is 8.69. The lowest BCUT2D eigenvalue weighted by atomic mass is 10.1. The van der Waals surface area contributed by atoms with E-state index >= 15 is 0 Å². The molecule has 7 rings (SSSR count). The van der Waals surface area contributed by atoms with E-state index in [1.807, 2.05) is 38.2 Å². The van der Waals surface area contributed by atoms with Gasteiger partial charge in [0, 0.05) is 62.8 Å². The van der Waals surface area contributed by atoms with E-state index in [9.17, 15) is 13.6 Å². The van der Waals surface area contributed by atoms with Crippen LogP contribution in [0.1, 0.15) is 50.8 Å². The monoisotopic (exact) mass is 674 g/mol. The molecule has 5 aromatic rings. The van der Waals surface area contributed by atoms with Crippen molar-refractivity contribution in [1.29, 1.82) is 0 Å². The predicted molar refractivity (Wildman–Crippen MR) is 186 cm³/mol. The van der Waals surface area contributed by atoms with Crippen molar-refractivity contribution in [2.45, 2.75) is 45.3 Å². The first-order valence-electron chi connectivity index (χ1n) is 16.5. The van der Waals surface area contributed by atoms with E-state index in [0.29, 0.717) is 12.2 Å². The Kier molecular flexibility index (Phi) is 12.1. The first-order valence-corrected chi connectivity index (χ1v) is 16.5. The highest BCUT2D eigenvalue weighted by molar-refractivity contribution is 5.54. The Hall–Kier alpha value is -5.04. The van der Waals surface area contributed by atoms with Gasteiger partial charge in [-0.3, -0.25) is 4.68 Å². The van der Waals surface area contributed by atoms with Gasteiger partial charge in [-0.1, -0.05) is 13.0 Å². The second-order valence-corrected chi connectivity index (χ2v) is 11.9. The van der Waals surface area contributed by atoms with Gasteiger partial charge in [0.05, 0.1) is 24.9 Å². The third kappa shape index (κ3) is 9.11. The lowest BCUT2D eigenvalue weighted by molar-refractivity contribution is 0.109. The number of aromatic nitrogens is 6. The van der Waals surface area contributed by atoms with Crippen LogP contribution in [-0.2, 0) is 11.8 Å². The molecule has 2 aliphatic heterocycles. The van der Waals surface area contributed by atoms with Crippen LogP contribution in [0.3, 0.4) is 0 Å². The number of benzene rings is 3. The molecule has 1 unspecified atom stereocenters. The SMILES string of the molecule is CCC(C)n1ncn(-c2ccc(N3CCN(c4ccc(OC)cc4)CC3)cc2)c1=O.Cn1cncn1.Fc1ccc([C@H]2CCCO2)c(F)c1. The smallest absolute Gasteiger partial charge is 0.350 e. The van der Waals surface area contributed by atoms with Gasteiger partial charge in [-0.25, -0.2) is 27.8 Å². The fraction of sp³-hybridized carbons (Fsp3) is 0.389. The van der Waals surface area contributed by atoms with Crippen LogP contribution >= 0.6 is 0 Å². The minimum Gasteiger partial charge on any atom is -0.497 e. The van der Waals surface area contributed by atoms with E-state index in [-0.39, 0.29) is 17.8 Å². The van der Waals surface area contributed by atoms with Gasteiger partial charge >= 0.3 is 5.69 Å². The van der Waals surface area contributed by atoms with Gasteiger partial charge in [-0.2, -0.15) is 10.2 Å². The van der Waals surface area contributed by atoms with Gasteiger partial charge < -0.3 is 19.3 Å². The van der Waals surface area contributed by atoms with Crippen LogP contribution in [0.25, 0.3) is 5.69 Å². The predicted octanol–water partition coefficient (Wildman–Crippen LogP) is 5.97. The lowest BCUT2D eigenvalue weighted by Crippen LogP contribution is -2.46. The number of nitrogens with zero attached hydrogens (tertiary/aromatic N) is 8. The van der Waals surface area contributed by atoms with E-state index in [1.165, 1.54) is 29.8 Å². The maximum Gasteiger partial charge on any atom is 0.350 e. The fourth-order valence-electron chi connectivity index (χ4n) is 5.66. The molecule has 2 aliphatic rings. The van der Waals surface area contributed by atoms with Crippen molar-refractivity contribution in [2.75, 3.05) is 49.7 Å². The molecule has 0 saturated carbocycles. The minimum absolute atomic E-state index is 0.0924. The van der Waals surface area contributed by atoms with Crippen LogP contribution in [0, 0.1) is 11.6 Å². The highest BCUT2D eigenvalue weighted by atomic mass is 19.1. The molecule has 0 N–H and O–H groups in total. The van der Waals surface area contributed by atoms with Crippen LogP contribution in [0.2, 0.25) is 0 Å². The molecule has 49 heavy (non-hydrogen) atoms. The Morgan fingerprint density at radius 3 is 2.02 bits per heavy atom.